The van der Waals surface area contributed by atoms with Gasteiger partial charge in [0.15, 0.2) is 0 Å². The van der Waals surface area contributed by atoms with Crippen molar-refractivity contribution < 1.29 is 14.7 Å². The van der Waals surface area contributed by atoms with E-state index in [1.54, 1.807) is 24.0 Å². The molecule has 1 aliphatic rings. The van der Waals surface area contributed by atoms with Gasteiger partial charge in [-0.1, -0.05) is 19.1 Å². The Labute approximate surface area is 164 Å². The summed E-state index contributed by atoms with van der Waals surface area (Å²) in [4.78, 5) is 31.2. The Hall–Kier alpha value is -3.09. The molecule has 0 aliphatic carbocycles. The molecular weight excluding hydrogens is 356 g/mol. The molecule has 2 atom stereocenters. The van der Waals surface area contributed by atoms with Gasteiger partial charge in [-0.2, -0.15) is 0 Å². The number of amides is 2. The van der Waals surface area contributed by atoms with Crippen LogP contribution in [0.15, 0.2) is 30.5 Å². The molecule has 2 aromatic rings. The molecule has 1 saturated heterocycles. The fourth-order valence-corrected chi connectivity index (χ4v) is 3.58. The number of likely N-dealkylation sites (tertiary alicyclic amines) is 1. The fourth-order valence-electron chi connectivity index (χ4n) is 3.58. The Bertz CT molecular complexity index is 913. The van der Waals surface area contributed by atoms with Gasteiger partial charge in [-0.15, -0.1) is 0 Å². The lowest BCUT2D eigenvalue weighted by atomic mass is 9.89. The summed E-state index contributed by atoms with van der Waals surface area (Å²) in [5.74, 6) is -0.351. The number of phenolic OH excluding ortho intramolecular Hbond substituents is 1. The zero-order valence-corrected chi connectivity index (χ0v) is 16.4. The highest BCUT2D eigenvalue weighted by molar-refractivity contribution is 6.39. The fraction of sp³-hybridized carbons (Fsp3) is 0.381. The van der Waals surface area contributed by atoms with Crippen LogP contribution in [-0.4, -0.2) is 33.3 Å². The van der Waals surface area contributed by atoms with Gasteiger partial charge in [0.1, 0.15) is 11.6 Å². The monoisotopic (exact) mass is 382 g/mol. The maximum absolute atomic E-state index is 13.0. The number of nitrogens with zero attached hydrogens (tertiary/aromatic N) is 2. The van der Waals surface area contributed by atoms with E-state index in [9.17, 15) is 14.7 Å². The van der Waals surface area contributed by atoms with E-state index in [1.807, 2.05) is 19.1 Å². The molecule has 0 bridgehead atoms. The summed E-state index contributed by atoms with van der Waals surface area (Å²) in [7, 11) is 0. The van der Waals surface area contributed by atoms with Crippen molar-refractivity contribution in [2.45, 2.75) is 39.7 Å². The van der Waals surface area contributed by atoms with Gasteiger partial charge in [-0.3, -0.25) is 9.59 Å². The largest absolute Gasteiger partial charge is 0.508 e. The summed E-state index contributed by atoms with van der Waals surface area (Å²) in [5, 5.41) is 12.4. The van der Waals surface area contributed by atoms with E-state index in [0.717, 1.165) is 29.5 Å². The molecule has 0 saturated carbocycles. The number of nitrogens with one attached hydrogen (secondary N) is 1. The number of nitrogens with two attached hydrogens (primary N) is 1. The van der Waals surface area contributed by atoms with Crippen LogP contribution in [0.2, 0.25) is 0 Å². The van der Waals surface area contributed by atoms with Crippen molar-refractivity contribution in [2.24, 2.45) is 5.92 Å². The number of aryl methyl sites for hydroxylation is 2. The summed E-state index contributed by atoms with van der Waals surface area (Å²) in [6, 6.07) is 6.82. The molecule has 1 fully saturated rings. The first-order valence-electron chi connectivity index (χ1n) is 9.40. The molecule has 0 spiro atoms. The van der Waals surface area contributed by atoms with E-state index in [-0.39, 0.29) is 11.8 Å². The van der Waals surface area contributed by atoms with Gasteiger partial charge in [0, 0.05) is 6.54 Å². The molecule has 3 rings (SSSR count). The lowest BCUT2D eigenvalue weighted by Crippen LogP contribution is -2.46. The number of carbonyl (C=O) groups is 2. The average molecular weight is 382 g/mol. The molecule has 148 valence electrons. The number of phenols is 1. The maximum atomic E-state index is 13.0. The molecule has 0 radical (unpaired) electrons. The van der Waals surface area contributed by atoms with Gasteiger partial charge in [-0.05, 0) is 61.4 Å². The third kappa shape index (κ3) is 4.08. The Morgan fingerprint density at radius 1 is 1.21 bits per heavy atom. The minimum atomic E-state index is -0.694. The minimum Gasteiger partial charge on any atom is -0.508 e. The van der Waals surface area contributed by atoms with Crippen LogP contribution in [-0.2, 0) is 9.59 Å². The third-order valence-corrected chi connectivity index (χ3v) is 5.25. The second-order valence-corrected chi connectivity index (χ2v) is 7.58. The Morgan fingerprint density at radius 3 is 2.64 bits per heavy atom. The highest BCUT2D eigenvalue weighted by Gasteiger charge is 2.34. The normalized spacial score (nSPS) is 19.3. The third-order valence-electron chi connectivity index (χ3n) is 5.25. The number of nitrogen functional groups attached to an aromatic ring is 1. The molecule has 7 heteroatoms. The van der Waals surface area contributed by atoms with Crippen molar-refractivity contribution in [2.75, 3.05) is 17.6 Å². The van der Waals surface area contributed by atoms with Crippen molar-refractivity contribution >= 4 is 23.3 Å². The zero-order chi connectivity index (χ0) is 20.4. The SMILES string of the molecule is Cc1cc([C@@H]2CC[C@@H](C)CN2C(=O)C(=O)Nc2cnc(N)c(C)c2)ccc1O. The predicted octanol–water partition coefficient (Wildman–Crippen LogP) is 2.92. The van der Waals surface area contributed by atoms with E-state index >= 15 is 0 Å². The summed E-state index contributed by atoms with van der Waals surface area (Å²) in [6.07, 6.45) is 3.18. The standard InChI is InChI=1S/C21H26N4O3/c1-12-4-6-17(15-5-7-18(26)13(2)8-15)25(11-12)21(28)20(27)24-16-9-14(3)19(22)23-10-16/h5,7-10,12,17,26H,4,6,11H2,1-3H3,(H2,22,23)(H,24,27)/t12-,17+/m1/s1. The number of rotatable bonds is 2. The van der Waals surface area contributed by atoms with Crippen LogP contribution in [0.4, 0.5) is 11.5 Å². The smallest absolute Gasteiger partial charge is 0.313 e. The van der Waals surface area contributed by atoms with Crippen LogP contribution in [0.3, 0.4) is 0 Å². The summed E-state index contributed by atoms with van der Waals surface area (Å²) in [6.45, 7) is 6.19. The molecule has 28 heavy (non-hydrogen) atoms. The number of hydrogen-bond donors (Lipinski definition) is 3. The highest BCUT2D eigenvalue weighted by atomic mass is 16.3. The number of aromatic nitrogens is 1. The summed E-state index contributed by atoms with van der Waals surface area (Å²) < 4.78 is 0. The molecule has 2 amide bonds. The molecule has 0 unspecified atom stereocenters. The van der Waals surface area contributed by atoms with Crippen molar-refractivity contribution in [3.63, 3.8) is 0 Å². The van der Waals surface area contributed by atoms with Crippen molar-refractivity contribution in [3.8, 4) is 5.75 Å². The number of hydrogen-bond acceptors (Lipinski definition) is 5. The van der Waals surface area contributed by atoms with E-state index in [1.165, 1.54) is 6.20 Å². The Balaban J connectivity index is 1.82. The van der Waals surface area contributed by atoms with E-state index < -0.39 is 11.8 Å². The molecule has 4 N–H and O–H groups in total. The van der Waals surface area contributed by atoms with Crippen molar-refractivity contribution in [1.82, 2.24) is 9.88 Å². The van der Waals surface area contributed by atoms with Crippen LogP contribution >= 0.6 is 0 Å². The molecule has 1 aliphatic heterocycles. The van der Waals surface area contributed by atoms with Crippen LogP contribution in [0.5, 0.6) is 5.75 Å². The maximum Gasteiger partial charge on any atom is 0.313 e. The van der Waals surface area contributed by atoms with E-state index in [2.05, 4.69) is 17.2 Å². The van der Waals surface area contributed by atoms with Gasteiger partial charge < -0.3 is 21.1 Å². The summed E-state index contributed by atoms with van der Waals surface area (Å²) >= 11 is 0. The quantitative estimate of drug-likeness (QED) is 0.692. The van der Waals surface area contributed by atoms with Crippen LogP contribution in [0.1, 0.15) is 42.5 Å². The lowest BCUT2D eigenvalue weighted by Gasteiger charge is -2.38. The Morgan fingerprint density at radius 2 is 1.96 bits per heavy atom. The van der Waals surface area contributed by atoms with E-state index in [4.69, 9.17) is 5.73 Å². The number of piperidine rings is 1. The topological polar surface area (TPSA) is 109 Å². The van der Waals surface area contributed by atoms with Crippen molar-refractivity contribution in [3.05, 3.63) is 47.2 Å². The summed E-state index contributed by atoms with van der Waals surface area (Å²) in [5.41, 5.74) is 8.54. The van der Waals surface area contributed by atoms with Gasteiger partial charge in [0.2, 0.25) is 0 Å². The predicted molar refractivity (Wildman–Crippen MR) is 108 cm³/mol. The highest BCUT2D eigenvalue weighted by Crippen LogP contribution is 2.35. The average Bonchev–Trinajstić information content (AvgIpc) is 2.66. The van der Waals surface area contributed by atoms with Crippen molar-refractivity contribution in [1.29, 1.82) is 0 Å². The number of pyridine rings is 1. The second-order valence-electron chi connectivity index (χ2n) is 7.58. The number of carbonyl (C=O) groups excluding carboxylic acids is 2. The van der Waals surface area contributed by atoms with Gasteiger partial charge >= 0.3 is 11.8 Å². The number of aromatic hydroxyl groups is 1. The van der Waals surface area contributed by atoms with E-state index in [0.29, 0.717) is 24.0 Å². The first-order valence-corrected chi connectivity index (χ1v) is 9.40. The first kappa shape index (κ1) is 19.7. The van der Waals surface area contributed by atoms with Crippen LogP contribution in [0.25, 0.3) is 0 Å². The molecule has 2 heterocycles. The number of benzene rings is 1. The lowest BCUT2D eigenvalue weighted by molar-refractivity contribution is -0.146. The second kappa shape index (κ2) is 7.88. The molecule has 1 aromatic carbocycles. The molecule has 7 nitrogen and oxygen atoms in total. The van der Waals surface area contributed by atoms with Gasteiger partial charge in [0.25, 0.3) is 0 Å². The Kier molecular flexibility index (Phi) is 5.53. The first-order chi connectivity index (χ1) is 13.3. The van der Waals surface area contributed by atoms with Crippen LogP contribution < -0.4 is 11.1 Å². The molecule has 1 aromatic heterocycles. The van der Waals surface area contributed by atoms with Gasteiger partial charge in [0.05, 0.1) is 17.9 Å². The van der Waals surface area contributed by atoms with Crippen LogP contribution in [0, 0.1) is 19.8 Å². The zero-order valence-electron chi connectivity index (χ0n) is 16.4. The van der Waals surface area contributed by atoms with Gasteiger partial charge in [-0.25, -0.2) is 4.98 Å². The minimum absolute atomic E-state index is 0.194. The molecular formula is C21H26N4O3. The number of anilines is 2.